The number of rotatable bonds is 6. The van der Waals surface area contributed by atoms with Crippen LogP contribution in [0.25, 0.3) is 22.4 Å². The van der Waals surface area contributed by atoms with Crippen LogP contribution in [0.15, 0.2) is 53.1 Å². The average molecular weight is 466 g/mol. The van der Waals surface area contributed by atoms with Gasteiger partial charge in [-0.2, -0.15) is 0 Å². The molecule has 0 saturated carbocycles. The number of benzene rings is 2. The Hall–Kier alpha value is -3.91. The molecule has 2 heterocycles. The van der Waals surface area contributed by atoms with E-state index in [1.165, 1.54) is 7.11 Å². The van der Waals surface area contributed by atoms with Gasteiger partial charge in [0.05, 0.1) is 35.1 Å². The lowest BCUT2D eigenvalue weighted by Crippen LogP contribution is -2.21. The number of halogens is 1. The Morgan fingerprint density at radius 1 is 1.09 bits per heavy atom. The minimum Gasteiger partial charge on any atom is -0.495 e. The number of esters is 1. The van der Waals surface area contributed by atoms with E-state index in [4.69, 9.17) is 25.6 Å². The Bertz CT molecular complexity index is 1350. The van der Waals surface area contributed by atoms with E-state index >= 15 is 0 Å². The summed E-state index contributed by atoms with van der Waals surface area (Å²) in [6.45, 7) is 3.17. The zero-order valence-electron chi connectivity index (χ0n) is 18.1. The van der Waals surface area contributed by atoms with Gasteiger partial charge < -0.3 is 19.3 Å². The van der Waals surface area contributed by atoms with Crippen molar-refractivity contribution in [3.63, 3.8) is 0 Å². The Labute approximate surface area is 194 Å². The van der Waals surface area contributed by atoms with Crippen LogP contribution in [-0.4, -0.2) is 35.7 Å². The molecule has 9 heteroatoms. The van der Waals surface area contributed by atoms with Crippen molar-refractivity contribution in [3.8, 4) is 17.0 Å². The third-order valence-electron chi connectivity index (χ3n) is 4.95. The molecule has 0 saturated heterocycles. The molecule has 1 N–H and O–H groups in total. The van der Waals surface area contributed by atoms with Crippen LogP contribution in [0.5, 0.6) is 5.75 Å². The minimum atomic E-state index is -0.699. The number of carbonyl (C=O) groups is 2. The molecule has 0 atom stereocenters. The summed E-state index contributed by atoms with van der Waals surface area (Å²) in [5.74, 6) is -0.817. The molecule has 1 amide bonds. The van der Waals surface area contributed by atoms with Crippen LogP contribution in [0, 0.1) is 13.8 Å². The molecular formula is C24H20ClN3O5. The number of nitrogens with zero attached hydrogens (tertiary/aromatic N) is 2. The van der Waals surface area contributed by atoms with E-state index < -0.39 is 18.5 Å². The van der Waals surface area contributed by atoms with Crippen LogP contribution in [0.3, 0.4) is 0 Å². The number of pyridine rings is 1. The number of amides is 1. The van der Waals surface area contributed by atoms with Gasteiger partial charge in [0, 0.05) is 10.6 Å². The number of methoxy groups -OCH3 is 1. The molecule has 4 aromatic rings. The Morgan fingerprint density at radius 2 is 1.85 bits per heavy atom. The van der Waals surface area contributed by atoms with Gasteiger partial charge in [-0.15, -0.1) is 0 Å². The van der Waals surface area contributed by atoms with Crippen LogP contribution >= 0.6 is 11.6 Å². The summed E-state index contributed by atoms with van der Waals surface area (Å²) in [7, 11) is 1.47. The molecule has 168 valence electrons. The summed E-state index contributed by atoms with van der Waals surface area (Å²) in [6.07, 6.45) is 0. The van der Waals surface area contributed by atoms with Crippen LogP contribution in [0.4, 0.5) is 5.69 Å². The van der Waals surface area contributed by atoms with E-state index in [0.717, 1.165) is 11.1 Å². The first-order valence-corrected chi connectivity index (χ1v) is 10.4. The van der Waals surface area contributed by atoms with Crippen molar-refractivity contribution in [2.75, 3.05) is 19.0 Å². The van der Waals surface area contributed by atoms with Gasteiger partial charge in [0.15, 0.2) is 6.61 Å². The number of hydrogen-bond donors (Lipinski definition) is 1. The van der Waals surface area contributed by atoms with Gasteiger partial charge in [0.1, 0.15) is 5.75 Å². The number of hydrogen-bond acceptors (Lipinski definition) is 7. The van der Waals surface area contributed by atoms with Gasteiger partial charge in [0.25, 0.3) is 11.6 Å². The predicted octanol–water partition coefficient (Wildman–Crippen LogP) is 4.96. The van der Waals surface area contributed by atoms with Gasteiger partial charge >= 0.3 is 5.97 Å². The summed E-state index contributed by atoms with van der Waals surface area (Å²) in [5, 5.41) is 7.40. The molecule has 8 nitrogen and oxygen atoms in total. The highest BCUT2D eigenvalue weighted by Crippen LogP contribution is 2.29. The third kappa shape index (κ3) is 4.80. The smallest absolute Gasteiger partial charge is 0.339 e. The van der Waals surface area contributed by atoms with Crippen molar-refractivity contribution in [2.24, 2.45) is 0 Å². The maximum absolute atomic E-state index is 12.9. The zero-order chi connectivity index (χ0) is 23.5. The number of ether oxygens (including phenoxy) is 2. The number of fused-ring (bicyclic) bond motifs is 1. The van der Waals surface area contributed by atoms with Gasteiger partial charge in [-0.25, -0.2) is 9.78 Å². The van der Waals surface area contributed by atoms with E-state index in [1.807, 2.05) is 31.2 Å². The van der Waals surface area contributed by atoms with Crippen molar-refractivity contribution < 1.29 is 23.6 Å². The summed E-state index contributed by atoms with van der Waals surface area (Å²) in [6, 6.07) is 14.1. The Kier molecular flexibility index (Phi) is 6.28. The fourth-order valence-corrected chi connectivity index (χ4v) is 3.47. The number of nitrogens with one attached hydrogen (secondary N) is 1. The van der Waals surface area contributed by atoms with Crippen LogP contribution < -0.4 is 10.1 Å². The standard InChI is InChI=1S/C24H20ClN3O5/c1-13-4-6-15(7-5-13)18-11-17(22-14(2)28-33-23(22)27-18)24(30)32-12-21(29)26-19-10-16(25)8-9-20(19)31-3/h4-11H,12H2,1-3H3,(H,26,29). The quantitative estimate of drug-likeness (QED) is 0.401. The lowest BCUT2D eigenvalue weighted by molar-refractivity contribution is -0.119. The largest absolute Gasteiger partial charge is 0.495 e. The van der Waals surface area contributed by atoms with E-state index in [0.29, 0.717) is 33.2 Å². The molecule has 2 aromatic heterocycles. The highest BCUT2D eigenvalue weighted by Gasteiger charge is 2.21. The Balaban J connectivity index is 1.56. The van der Waals surface area contributed by atoms with Crippen LogP contribution in [-0.2, 0) is 9.53 Å². The topological polar surface area (TPSA) is 104 Å². The summed E-state index contributed by atoms with van der Waals surface area (Å²) < 4.78 is 15.8. The molecule has 0 aliphatic heterocycles. The molecule has 0 bridgehead atoms. The Morgan fingerprint density at radius 3 is 2.58 bits per heavy atom. The molecule has 4 rings (SSSR count). The predicted molar refractivity (Wildman–Crippen MR) is 124 cm³/mol. The summed E-state index contributed by atoms with van der Waals surface area (Å²) in [4.78, 5) is 29.8. The fourth-order valence-electron chi connectivity index (χ4n) is 3.30. The molecule has 0 unspecified atom stereocenters. The molecular weight excluding hydrogens is 446 g/mol. The number of aromatic nitrogens is 2. The molecule has 0 spiro atoms. The van der Waals surface area contributed by atoms with Crippen molar-refractivity contribution in [3.05, 3.63) is 70.4 Å². The summed E-state index contributed by atoms with van der Waals surface area (Å²) in [5.41, 5.74) is 3.71. The average Bonchev–Trinajstić information content (AvgIpc) is 3.18. The van der Waals surface area contributed by atoms with E-state index in [1.54, 1.807) is 31.2 Å². The number of carbonyl (C=O) groups excluding carboxylic acids is 2. The lowest BCUT2D eigenvalue weighted by atomic mass is 10.0. The molecule has 0 aliphatic rings. The van der Waals surface area contributed by atoms with E-state index in [9.17, 15) is 9.59 Å². The maximum atomic E-state index is 12.9. The van der Waals surface area contributed by atoms with Crippen molar-refractivity contribution in [2.45, 2.75) is 13.8 Å². The molecule has 0 aliphatic carbocycles. The molecule has 0 radical (unpaired) electrons. The second-order valence-electron chi connectivity index (χ2n) is 7.34. The van der Waals surface area contributed by atoms with Gasteiger partial charge in [-0.3, -0.25) is 4.79 Å². The lowest BCUT2D eigenvalue weighted by Gasteiger charge is -2.11. The second kappa shape index (κ2) is 9.30. The zero-order valence-corrected chi connectivity index (χ0v) is 18.9. The van der Waals surface area contributed by atoms with Crippen molar-refractivity contribution in [1.29, 1.82) is 0 Å². The number of aryl methyl sites for hydroxylation is 2. The van der Waals surface area contributed by atoms with Crippen molar-refractivity contribution in [1.82, 2.24) is 10.1 Å². The van der Waals surface area contributed by atoms with Gasteiger partial charge in [-0.05, 0) is 38.1 Å². The van der Waals surface area contributed by atoms with Crippen LogP contribution in [0.1, 0.15) is 21.6 Å². The van der Waals surface area contributed by atoms with Crippen molar-refractivity contribution >= 4 is 40.3 Å². The monoisotopic (exact) mass is 465 g/mol. The SMILES string of the molecule is COc1ccc(Cl)cc1NC(=O)COC(=O)c1cc(-c2ccc(C)cc2)nc2onc(C)c12. The second-order valence-corrected chi connectivity index (χ2v) is 7.77. The molecule has 2 aromatic carbocycles. The van der Waals surface area contributed by atoms with Crippen LogP contribution in [0.2, 0.25) is 5.02 Å². The maximum Gasteiger partial charge on any atom is 0.339 e. The number of anilines is 1. The fraction of sp³-hybridized carbons (Fsp3) is 0.167. The normalized spacial score (nSPS) is 10.8. The first-order chi connectivity index (χ1) is 15.9. The molecule has 33 heavy (non-hydrogen) atoms. The molecule has 0 fully saturated rings. The van der Waals surface area contributed by atoms with E-state index in [2.05, 4.69) is 15.5 Å². The summed E-state index contributed by atoms with van der Waals surface area (Å²) >= 11 is 5.99. The highest BCUT2D eigenvalue weighted by atomic mass is 35.5. The van der Waals surface area contributed by atoms with Gasteiger partial charge in [-0.1, -0.05) is 46.6 Å². The van der Waals surface area contributed by atoms with Gasteiger partial charge in [0.2, 0.25) is 0 Å². The first kappa shape index (κ1) is 22.3. The third-order valence-corrected chi connectivity index (χ3v) is 5.19. The minimum absolute atomic E-state index is 0.211. The first-order valence-electron chi connectivity index (χ1n) is 10.0. The highest BCUT2D eigenvalue weighted by molar-refractivity contribution is 6.31. The van der Waals surface area contributed by atoms with E-state index in [-0.39, 0.29) is 11.3 Å².